The van der Waals surface area contributed by atoms with Crippen LogP contribution < -0.4 is 10.1 Å². The second-order valence-corrected chi connectivity index (χ2v) is 5.62. The zero-order valence-corrected chi connectivity index (χ0v) is 14.5. The summed E-state index contributed by atoms with van der Waals surface area (Å²) in [6, 6.07) is 15.0. The molecule has 128 valence electrons. The zero-order chi connectivity index (χ0) is 17.8. The van der Waals surface area contributed by atoms with Crippen molar-refractivity contribution in [2.45, 2.75) is 13.8 Å². The van der Waals surface area contributed by atoms with Crippen molar-refractivity contribution in [2.24, 2.45) is 0 Å². The summed E-state index contributed by atoms with van der Waals surface area (Å²) in [7, 11) is 1.64. The van der Waals surface area contributed by atoms with Gasteiger partial charge in [-0.3, -0.25) is 4.98 Å². The normalized spacial score (nSPS) is 10.5. The topological polar surface area (TPSA) is 60.5 Å². The molecule has 2 aromatic carbocycles. The molecule has 0 amide bonds. The van der Waals surface area contributed by atoms with Crippen LogP contribution in [0.3, 0.4) is 0 Å². The first-order valence-electron chi connectivity index (χ1n) is 8.10. The van der Waals surface area contributed by atoms with Crippen molar-refractivity contribution in [3.8, 4) is 5.75 Å². The highest BCUT2D eigenvalue weighted by Crippen LogP contribution is 2.29. The van der Waals surface area contributed by atoms with Crippen molar-refractivity contribution in [3.05, 3.63) is 59.8 Å². The lowest BCUT2D eigenvalue weighted by molar-refractivity contribution is 0.0526. The van der Waals surface area contributed by atoms with E-state index in [2.05, 4.69) is 10.3 Å². The predicted octanol–water partition coefficient (Wildman–Crippen LogP) is 4.47. The van der Waals surface area contributed by atoms with Gasteiger partial charge in [-0.1, -0.05) is 6.07 Å². The zero-order valence-electron chi connectivity index (χ0n) is 14.5. The SMILES string of the molecule is CCOC(=O)c1ccc2nc(C)cc(Nc3cccc(OC)c3)c2c1. The molecule has 0 aliphatic rings. The second kappa shape index (κ2) is 7.21. The monoisotopic (exact) mass is 336 g/mol. The fourth-order valence-corrected chi connectivity index (χ4v) is 2.66. The maximum atomic E-state index is 12.0. The molecular weight excluding hydrogens is 316 g/mol. The summed E-state index contributed by atoms with van der Waals surface area (Å²) in [6.07, 6.45) is 0. The molecule has 0 atom stereocenters. The number of rotatable bonds is 5. The Balaban J connectivity index is 2.05. The van der Waals surface area contributed by atoms with Crippen molar-refractivity contribution < 1.29 is 14.3 Å². The number of hydrogen-bond donors (Lipinski definition) is 1. The van der Waals surface area contributed by atoms with E-state index in [1.807, 2.05) is 49.4 Å². The lowest BCUT2D eigenvalue weighted by Crippen LogP contribution is -2.05. The van der Waals surface area contributed by atoms with E-state index in [1.165, 1.54) is 0 Å². The molecule has 0 saturated carbocycles. The highest BCUT2D eigenvalue weighted by molar-refractivity contribution is 5.99. The number of hydrogen-bond acceptors (Lipinski definition) is 5. The number of ether oxygens (including phenoxy) is 2. The number of benzene rings is 2. The van der Waals surface area contributed by atoms with Crippen LogP contribution in [0.4, 0.5) is 11.4 Å². The quantitative estimate of drug-likeness (QED) is 0.697. The Bertz CT molecular complexity index is 922. The molecule has 0 spiro atoms. The fraction of sp³-hybridized carbons (Fsp3) is 0.200. The molecule has 0 unspecified atom stereocenters. The maximum absolute atomic E-state index is 12.0. The first kappa shape index (κ1) is 16.8. The third kappa shape index (κ3) is 3.71. The summed E-state index contributed by atoms with van der Waals surface area (Å²) in [5, 5.41) is 4.25. The summed E-state index contributed by atoms with van der Waals surface area (Å²) in [6.45, 7) is 4.08. The molecule has 1 aromatic heterocycles. The third-order valence-corrected chi connectivity index (χ3v) is 3.80. The average Bonchev–Trinajstić information content (AvgIpc) is 2.61. The molecule has 3 rings (SSSR count). The van der Waals surface area contributed by atoms with Gasteiger partial charge in [-0.15, -0.1) is 0 Å². The van der Waals surface area contributed by atoms with Crippen LogP contribution in [0.5, 0.6) is 5.75 Å². The molecule has 25 heavy (non-hydrogen) atoms. The molecular formula is C20H20N2O3. The summed E-state index contributed by atoms with van der Waals surface area (Å²) in [5.74, 6) is 0.435. The van der Waals surface area contributed by atoms with Crippen LogP contribution in [0.2, 0.25) is 0 Å². The van der Waals surface area contributed by atoms with Crippen LogP contribution in [0.15, 0.2) is 48.5 Å². The summed E-state index contributed by atoms with van der Waals surface area (Å²) in [4.78, 5) is 16.6. The van der Waals surface area contributed by atoms with Gasteiger partial charge in [0.15, 0.2) is 0 Å². The maximum Gasteiger partial charge on any atom is 0.338 e. The molecule has 0 bridgehead atoms. The minimum absolute atomic E-state index is 0.336. The van der Waals surface area contributed by atoms with Gasteiger partial charge in [-0.2, -0.15) is 0 Å². The number of pyridine rings is 1. The smallest absolute Gasteiger partial charge is 0.338 e. The number of fused-ring (bicyclic) bond motifs is 1. The number of nitrogens with one attached hydrogen (secondary N) is 1. The number of aryl methyl sites for hydroxylation is 1. The minimum Gasteiger partial charge on any atom is -0.497 e. The van der Waals surface area contributed by atoms with E-state index in [9.17, 15) is 4.79 Å². The summed E-state index contributed by atoms with van der Waals surface area (Å²) < 4.78 is 10.4. The lowest BCUT2D eigenvalue weighted by atomic mass is 10.1. The molecule has 0 fully saturated rings. The number of aromatic nitrogens is 1. The first-order chi connectivity index (χ1) is 12.1. The van der Waals surface area contributed by atoms with Crippen molar-refractivity contribution >= 4 is 28.2 Å². The Hall–Kier alpha value is -3.08. The van der Waals surface area contributed by atoms with E-state index in [1.54, 1.807) is 20.1 Å². The number of carbonyl (C=O) groups is 1. The van der Waals surface area contributed by atoms with Crippen LogP contribution in [0.25, 0.3) is 10.9 Å². The molecule has 0 radical (unpaired) electrons. The van der Waals surface area contributed by atoms with Crippen molar-refractivity contribution in [1.29, 1.82) is 0 Å². The van der Waals surface area contributed by atoms with E-state index in [0.717, 1.165) is 33.7 Å². The molecule has 1 heterocycles. The van der Waals surface area contributed by atoms with E-state index in [4.69, 9.17) is 9.47 Å². The van der Waals surface area contributed by atoms with Crippen LogP contribution >= 0.6 is 0 Å². The van der Waals surface area contributed by atoms with E-state index >= 15 is 0 Å². The van der Waals surface area contributed by atoms with Gasteiger partial charge >= 0.3 is 5.97 Å². The molecule has 0 aliphatic carbocycles. The number of nitrogens with zero attached hydrogens (tertiary/aromatic N) is 1. The fourth-order valence-electron chi connectivity index (χ4n) is 2.66. The average molecular weight is 336 g/mol. The largest absolute Gasteiger partial charge is 0.497 e. The Labute approximate surface area is 146 Å². The second-order valence-electron chi connectivity index (χ2n) is 5.62. The molecule has 0 saturated heterocycles. The molecule has 0 aliphatic heterocycles. The lowest BCUT2D eigenvalue weighted by Gasteiger charge is -2.12. The molecule has 5 nitrogen and oxygen atoms in total. The predicted molar refractivity (Wildman–Crippen MR) is 98.7 cm³/mol. The highest BCUT2D eigenvalue weighted by Gasteiger charge is 2.11. The molecule has 5 heteroatoms. The van der Waals surface area contributed by atoms with Crippen LogP contribution in [-0.2, 0) is 4.74 Å². The van der Waals surface area contributed by atoms with Gasteiger partial charge < -0.3 is 14.8 Å². The van der Waals surface area contributed by atoms with Crippen LogP contribution in [-0.4, -0.2) is 24.7 Å². The number of carbonyl (C=O) groups excluding carboxylic acids is 1. The summed E-state index contributed by atoms with van der Waals surface area (Å²) >= 11 is 0. The number of anilines is 2. The van der Waals surface area contributed by atoms with Crippen LogP contribution in [0.1, 0.15) is 23.0 Å². The van der Waals surface area contributed by atoms with Gasteiger partial charge in [0.05, 0.1) is 24.8 Å². The van der Waals surface area contributed by atoms with Gasteiger partial charge in [0.25, 0.3) is 0 Å². The van der Waals surface area contributed by atoms with Crippen molar-refractivity contribution in [3.63, 3.8) is 0 Å². The van der Waals surface area contributed by atoms with Gasteiger partial charge in [-0.25, -0.2) is 4.79 Å². The van der Waals surface area contributed by atoms with E-state index in [-0.39, 0.29) is 5.97 Å². The van der Waals surface area contributed by atoms with Crippen molar-refractivity contribution in [1.82, 2.24) is 4.98 Å². The highest BCUT2D eigenvalue weighted by atomic mass is 16.5. The van der Waals surface area contributed by atoms with Gasteiger partial charge in [0.2, 0.25) is 0 Å². The molecule has 3 aromatic rings. The van der Waals surface area contributed by atoms with Crippen molar-refractivity contribution in [2.75, 3.05) is 19.0 Å². The van der Waals surface area contributed by atoms with Gasteiger partial charge in [-0.05, 0) is 50.2 Å². The number of esters is 1. The first-order valence-corrected chi connectivity index (χ1v) is 8.10. The van der Waals surface area contributed by atoms with Gasteiger partial charge in [0.1, 0.15) is 5.75 Å². The standard InChI is InChI=1S/C20H20N2O3/c1-4-25-20(23)14-8-9-18-17(11-14)19(10-13(2)21-18)22-15-6-5-7-16(12-15)24-3/h5-12H,4H2,1-3H3,(H,21,22). The minimum atomic E-state index is -0.336. The van der Waals surface area contributed by atoms with E-state index < -0.39 is 0 Å². The Kier molecular flexibility index (Phi) is 4.84. The number of methoxy groups -OCH3 is 1. The summed E-state index contributed by atoms with van der Waals surface area (Å²) in [5.41, 5.74) is 3.99. The van der Waals surface area contributed by atoms with Crippen LogP contribution in [0, 0.1) is 6.92 Å². The third-order valence-electron chi connectivity index (χ3n) is 3.80. The Morgan fingerprint density at radius 3 is 2.76 bits per heavy atom. The Morgan fingerprint density at radius 1 is 1.16 bits per heavy atom. The van der Waals surface area contributed by atoms with E-state index in [0.29, 0.717) is 12.2 Å². The molecule has 1 N–H and O–H groups in total. The van der Waals surface area contributed by atoms with Gasteiger partial charge in [0, 0.05) is 28.5 Å². The Morgan fingerprint density at radius 2 is 2.00 bits per heavy atom.